The summed E-state index contributed by atoms with van der Waals surface area (Å²) >= 11 is 7.05. The maximum atomic E-state index is 13.7. The molecule has 2 amide bonds. The second kappa shape index (κ2) is 8.73. The topological polar surface area (TPSA) is 92.3 Å². The molecule has 2 aromatic rings. The van der Waals surface area contributed by atoms with Crippen LogP contribution in [0.15, 0.2) is 46.2 Å². The first-order valence-electron chi connectivity index (χ1n) is 8.79. The minimum absolute atomic E-state index is 0.0116. The zero-order valence-corrected chi connectivity index (χ0v) is 17.8. The highest BCUT2D eigenvalue weighted by Crippen LogP contribution is 2.38. The number of thioether (sulfide) groups is 1. The van der Waals surface area contributed by atoms with E-state index in [1.165, 1.54) is 36.0 Å². The van der Waals surface area contributed by atoms with Crippen molar-refractivity contribution in [2.45, 2.75) is 34.8 Å². The number of anilines is 2. The fourth-order valence-electron chi connectivity index (χ4n) is 2.74. The molecule has 2 N–H and O–H groups in total. The first-order chi connectivity index (χ1) is 13.7. The molecule has 0 saturated carbocycles. The third-order valence-corrected chi connectivity index (χ3v) is 7.69. The summed E-state index contributed by atoms with van der Waals surface area (Å²) in [4.78, 5) is 24.9. The number of hydrogen-bond acceptors (Lipinski definition) is 5. The second-order valence-electron chi connectivity index (χ2n) is 6.40. The SMILES string of the molecule is CC[C@H]1Sc2ccc(S(=O)(=O)CCC(=O)Nc3ccc(Cl)cc3F)cc2NC1=O. The number of fused-ring (bicyclic) bond motifs is 1. The van der Waals surface area contributed by atoms with Gasteiger partial charge >= 0.3 is 0 Å². The van der Waals surface area contributed by atoms with Crippen molar-refractivity contribution in [1.29, 1.82) is 0 Å². The number of benzene rings is 2. The van der Waals surface area contributed by atoms with E-state index in [-0.39, 0.29) is 33.2 Å². The fourth-order valence-corrected chi connectivity index (χ4v) is 5.18. The zero-order chi connectivity index (χ0) is 21.2. The normalized spacial score (nSPS) is 16.1. The van der Waals surface area contributed by atoms with Crippen LogP contribution < -0.4 is 10.6 Å². The van der Waals surface area contributed by atoms with Crippen molar-refractivity contribution in [1.82, 2.24) is 0 Å². The largest absolute Gasteiger partial charge is 0.324 e. The Bertz CT molecular complexity index is 1080. The molecule has 0 bridgehead atoms. The lowest BCUT2D eigenvalue weighted by atomic mass is 10.2. The second-order valence-corrected chi connectivity index (χ2v) is 10.2. The van der Waals surface area contributed by atoms with E-state index in [1.807, 2.05) is 6.92 Å². The van der Waals surface area contributed by atoms with Gasteiger partial charge in [-0.2, -0.15) is 0 Å². The smallest absolute Gasteiger partial charge is 0.237 e. The molecule has 1 aliphatic heterocycles. The van der Waals surface area contributed by atoms with E-state index in [0.717, 1.165) is 11.0 Å². The Kier molecular flexibility index (Phi) is 6.50. The molecular formula is C19H18ClFN2O4S2. The van der Waals surface area contributed by atoms with Gasteiger partial charge in [-0.3, -0.25) is 9.59 Å². The van der Waals surface area contributed by atoms with Crippen LogP contribution in [0, 0.1) is 5.82 Å². The highest BCUT2D eigenvalue weighted by molar-refractivity contribution is 8.01. The summed E-state index contributed by atoms with van der Waals surface area (Å²) in [6.45, 7) is 1.90. The van der Waals surface area contributed by atoms with Gasteiger partial charge in [-0.25, -0.2) is 12.8 Å². The van der Waals surface area contributed by atoms with Gasteiger partial charge in [0, 0.05) is 16.3 Å². The minimum Gasteiger partial charge on any atom is -0.324 e. The van der Waals surface area contributed by atoms with Crippen molar-refractivity contribution < 1.29 is 22.4 Å². The van der Waals surface area contributed by atoms with Crippen LogP contribution in [0.2, 0.25) is 5.02 Å². The van der Waals surface area contributed by atoms with E-state index in [9.17, 15) is 22.4 Å². The van der Waals surface area contributed by atoms with E-state index >= 15 is 0 Å². The Morgan fingerprint density at radius 2 is 2.03 bits per heavy atom. The average Bonchev–Trinajstić information content (AvgIpc) is 2.67. The number of carbonyl (C=O) groups excluding carboxylic acids is 2. The summed E-state index contributed by atoms with van der Waals surface area (Å²) < 4.78 is 38.9. The number of nitrogens with one attached hydrogen (secondary N) is 2. The molecule has 0 aliphatic carbocycles. The molecule has 0 radical (unpaired) electrons. The number of amides is 2. The fraction of sp³-hybridized carbons (Fsp3) is 0.263. The predicted octanol–water partition coefficient (Wildman–Crippen LogP) is 4.10. The Balaban J connectivity index is 1.67. The van der Waals surface area contributed by atoms with Crippen LogP contribution >= 0.6 is 23.4 Å². The summed E-state index contributed by atoms with van der Waals surface area (Å²) in [5, 5.41) is 5.04. The van der Waals surface area contributed by atoms with Gasteiger partial charge in [0.2, 0.25) is 11.8 Å². The Hall–Kier alpha value is -2.10. The Labute approximate surface area is 177 Å². The number of halogens is 2. The predicted molar refractivity (Wildman–Crippen MR) is 112 cm³/mol. The first kappa shape index (κ1) is 21.6. The molecule has 29 heavy (non-hydrogen) atoms. The van der Waals surface area contributed by atoms with Gasteiger partial charge in [-0.05, 0) is 42.8 Å². The molecule has 1 atom stereocenters. The van der Waals surface area contributed by atoms with Gasteiger partial charge in [-0.1, -0.05) is 18.5 Å². The number of rotatable bonds is 6. The molecule has 1 heterocycles. The Morgan fingerprint density at radius 3 is 2.72 bits per heavy atom. The maximum absolute atomic E-state index is 13.7. The lowest BCUT2D eigenvalue weighted by molar-refractivity contribution is -0.116. The number of hydrogen-bond donors (Lipinski definition) is 2. The molecule has 0 fully saturated rings. The van der Waals surface area contributed by atoms with Crippen molar-refractivity contribution in [3.8, 4) is 0 Å². The molecular weight excluding hydrogens is 439 g/mol. The number of sulfone groups is 1. The van der Waals surface area contributed by atoms with E-state index < -0.39 is 27.3 Å². The minimum atomic E-state index is -3.77. The summed E-state index contributed by atoms with van der Waals surface area (Å²) in [5.41, 5.74) is 0.370. The van der Waals surface area contributed by atoms with E-state index in [0.29, 0.717) is 12.1 Å². The highest BCUT2D eigenvalue weighted by Gasteiger charge is 2.27. The summed E-state index contributed by atoms with van der Waals surface area (Å²) in [6, 6.07) is 8.28. The van der Waals surface area contributed by atoms with Crippen molar-refractivity contribution in [3.63, 3.8) is 0 Å². The highest BCUT2D eigenvalue weighted by atomic mass is 35.5. The lowest BCUT2D eigenvalue weighted by Gasteiger charge is -2.23. The Morgan fingerprint density at radius 1 is 1.28 bits per heavy atom. The summed E-state index contributed by atoms with van der Waals surface area (Å²) in [6.07, 6.45) is 0.319. The van der Waals surface area contributed by atoms with Gasteiger partial charge in [-0.15, -0.1) is 11.8 Å². The lowest BCUT2D eigenvalue weighted by Crippen LogP contribution is -2.28. The number of carbonyl (C=O) groups is 2. The van der Waals surface area contributed by atoms with Crippen molar-refractivity contribution in [2.24, 2.45) is 0 Å². The van der Waals surface area contributed by atoms with E-state index in [2.05, 4.69) is 10.6 Å². The molecule has 1 aliphatic rings. The van der Waals surface area contributed by atoms with E-state index in [4.69, 9.17) is 11.6 Å². The van der Waals surface area contributed by atoms with Gasteiger partial charge in [0.05, 0.1) is 27.3 Å². The first-order valence-corrected chi connectivity index (χ1v) is 11.7. The van der Waals surface area contributed by atoms with Crippen molar-refractivity contribution >= 4 is 56.4 Å². The van der Waals surface area contributed by atoms with Crippen molar-refractivity contribution in [2.75, 3.05) is 16.4 Å². The molecule has 2 aromatic carbocycles. The molecule has 0 unspecified atom stereocenters. The van der Waals surface area contributed by atoms with E-state index in [1.54, 1.807) is 6.07 Å². The van der Waals surface area contributed by atoms with Crippen LogP contribution in [0.3, 0.4) is 0 Å². The van der Waals surface area contributed by atoms with Crippen LogP contribution in [-0.2, 0) is 19.4 Å². The van der Waals surface area contributed by atoms with Crippen LogP contribution in [-0.4, -0.2) is 31.2 Å². The van der Waals surface area contributed by atoms with Gasteiger partial charge < -0.3 is 10.6 Å². The molecule has 0 saturated heterocycles. The molecule has 0 spiro atoms. The average molecular weight is 457 g/mol. The van der Waals surface area contributed by atoms with Gasteiger partial charge in [0.1, 0.15) is 5.82 Å². The molecule has 3 rings (SSSR count). The quantitative estimate of drug-likeness (QED) is 0.682. The zero-order valence-electron chi connectivity index (χ0n) is 15.4. The third-order valence-electron chi connectivity index (χ3n) is 4.30. The molecule has 154 valence electrons. The molecule has 0 aromatic heterocycles. The third kappa shape index (κ3) is 5.09. The van der Waals surface area contributed by atoms with Crippen molar-refractivity contribution in [3.05, 3.63) is 47.2 Å². The van der Waals surface area contributed by atoms with Gasteiger partial charge in [0.15, 0.2) is 9.84 Å². The monoisotopic (exact) mass is 456 g/mol. The van der Waals surface area contributed by atoms with Crippen LogP contribution in [0.5, 0.6) is 0 Å². The summed E-state index contributed by atoms with van der Waals surface area (Å²) in [7, 11) is -3.77. The van der Waals surface area contributed by atoms with Crippen LogP contribution in [0.4, 0.5) is 15.8 Å². The standard InChI is InChI=1S/C19H18ClFN2O4S2/c1-2-16-19(25)23-15-10-12(4-6-17(15)28-16)29(26,27)8-7-18(24)22-14-5-3-11(20)9-13(14)21/h3-6,9-10,16H,2,7-8H2,1H3,(H,22,24)(H,23,25)/t16-/m1/s1. The van der Waals surface area contributed by atoms with Crippen LogP contribution in [0.1, 0.15) is 19.8 Å². The molecule has 6 nitrogen and oxygen atoms in total. The van der Waals surface area contributed by atoms with Crippen LogP contribution in [0.25, 0.3) is 0 Å². The van der Waals surface area contributed by atoms with Gasteiger partial charge in [0.25, 0.3) is 0 Å². The molecule has 10 heteroatoms. The summed E-state index contributed by atoms with van der Waals surface area (Å²) in [5.74, 6) is -1.96. The maximum Gasteiger partial charge on any atom is 0.237 e.